The topological polar surface area (TPSA) is 21.3 Å². The summed E-state index contributed by atoms with van der Waals surface area (Å²) in [6.45, 7) is 4.95. The van der Waals surface area contributed by atoms with E-state index in [0.29, 0.717) is 0 Å². The highest BCUT2D eigenvalue weighted by Crippen LogP contribution is 2.35. The summed E-state index contributed by atoms with van der Waals surface area (Å²) in [5.41, 5.74) is 3.04. The van der Waals surface area contributed by atoms with Crippen LogP contribution in [0.4, 0.5) is 0 Å². The molecule has 0 amide bonds. The molecule has 1 N–H and O–H groups in total. The number of aryl methyl sites for hydroxylation is 1. The van der Waals surface area contributed by atoms with Crippen molar-refractivity contribution in [1.29, 1.82) is 0 Å². The van der Waals surface area contributed by atoms with Gasteiger partial charge in [-0.1, -0.05) is 29.8 Å². The highest BCUT2D eigenvalue weighted by atomic mass is 16.5. The van der Waals surface area contributed by atoms with E-state index in [1.54, 1.807) is 0 Å². The number of hydrogen-bond donors (Lipinski definition) is 1. The first kappa shape index (κ1) is 10.7. The maximum Gasteiger partial charge on any atom is 0.0586 e. The molecule has 15 heavy (non-hydrogen) atoms. The van der Waals surface area contributed by atoms with Crippen LogP contribution < -0.4 is 5.32 Å². The predicted molar refractivity (Wildman–Crippen MR) is 62.2 cm³/mol. The summed E-state index contributed by atoms with van der Waals surface area (Å²) in [5, 5.41) is 3.22. The van der Waals surface area contributed by atoms with Crippen LogP contribution in [-0.4, -0.2) is 26.8 Å². The van der Waals surface area contributed by atoms with E-state index >= 15 is 0 Å². The van der Waals surface area contributed by atoms with Gasteiger partial charge in [0.15, 0.2) is 0 Å². The zero-order valence-electron chi connectivity index (χ0n) is 9.55. The molecular weight excluding hydrogens is 186 g/mol. The van der Waals surface area contributed by atoms with Crippen LogP contribution in [0, 0.1) is 6.92 Å². The van der Waals surface area contributed by atoms with Gasteiger partial charge in [0.1, 0.15) is 0 Å². The molecule has 0 aromatic heterocycles. The van der Waals surface area contributed by atoms with Crippen LogP contribution in [0.2, 0.25) is 0 Å². The van der Waals surface area contributed by atoms with E-state index in [4.69, 9.17) is 4.74 Å². The average molecular weight is 205 g/mol. The lowest BCUT2D eigenvalue weighted by Gasteiger charge is -2.42. The van der Waals surface area contributed by atoms with Gasteiger partial charge in [-0.25, -0.2) is 0 Å². The van der Waals surface area contributed by atoms with E-state index in [-0.39, 0.29) is 5.41 Å². The lowest BCUT2D eigenvalue weighted by Crippen LogP contribution is -2.48. The molecule has 0 radical (unpaired) electrons. The van der Waals surface area contributed by atoms with Gasteiger partial charge >= 0.3 is 0 Å². The fourth-order valence-electron chi connectivity index (χ4n) is 2.14. The number of benzene rings is 1. The second-order valence-corrected chi connectivity index (χ2v) is 4.50. The molecule has 1 aliphatic rings. The predicted octanol–water partition coefficient (Wildman–Crippen LogP) is 1.87. The Kier molecular flexibility index (Phi) is 3.08. The van der Waals surface area contributed by atoms with Gasteiger partial charge in [0.05, 0.1) is 13.2 Å². The molecule has 1 heterocycles. The SMILES string of the molecule is CNCCC1(c2cccc(C)c2)COC1. The average Bonchev–Trinajstić information content (AvgIpc) is 2.16. The van der Waals surface area contributed by atoms with E-state index < -0.39 is 0 Å². The monoisotopic (exact) mass is 205 g/mol. The summed E-state index contributed by atoms with van der Waals surface area (Å²) in [5.74, 6) is 0. The molecule has 0 aliphatic carbocycles. The van der Waals surface area contributed by atoms with E-state index in [1.165, 1.54) is 11.1 Å². The third kappa shape index (κ3) is 2.06. The summed E-state index contributed by atoms with van der Waals surface area (Å²) in [4.78, 5) is 0. The lowest BCUT2D eigenvalue weighted by molar-refractivity contribution is -0.0638. The third-order valence-corrected chi connectivity index (χ3v) is 3.24. The zero-order valence-corrected chi connectivity index (χ0v) is 9.55. The van der Waals surface area contributed by atoms with Crippen molar-refractivity contribution in [2.45, 2.75) is 18.8 Å². The molecule has 2 heteroatoms. The Morgan fingerprint density at radius 2 is 2.20 bits per heavy atom. The van der Waals surface area contributed by atoms with Crippen molar-refractivity contribution in [3.63, 3.8) is 0 Å². The lowest BCUT2D eigenvalue weighted by atomic mass is 9.75. The standard InChI is InChI=1S/C13H19NO/c1-11-4-3-5-12(8-11)13(6-7-14-2)9-15-10-13/h3-5,8,14H,6-7,9-10H2,1-2H3. The van der Waals surface area contributed by atoms with Crippen LogP contribution in [0.25, 0.3) is 0 Å². The van der Waals surface area contributed by atoms with Crippen LogP contribution in [0.1, 0.15) is 17.5 Å². The van der Waals surface area contributed by atoms with Gasteiger partial charge in [0.25, 0.3) is 0 Å². The smallest absolute Gasteiger partial charge is 0.0586 e. The van der Waals surface area contributed by atoms with E-state index in [9.17, 15) is 0 Å². The molecule has 0 bridgehead atoms. The van der Waals surface area contributed by atoms with E-state index in [1.807, 2.05) is 7.05 Å². The van der Waals surface area contributed by atoms with E-state index in [2.05, 4.69) is 36.5 Å². The van der Waals surface area contributed by atoms with E-state index in [0.717, 1.165) is 26.2 Å². The quantitative estimate of drug-likeness (QED) is 0.810. The maximum atomic E-state index is 5.40. The highest BCUT2D eigenvalue weighted by molar-refractivity contribution is 5.31. The summed E-state index contributed by atoms with van der Waals surface area (Å²) in [6.07, 6.45) is 1.16. The minimum atomic E-state index is 0.273. The van der Waals surface area contributed by atoms with Gasteiger partial charge in [-0.3, -0.25) is 0 Å². The molecule has 2 nitrogen and oxygen atoms in total. The number of rotatable bonds is 4. The first-order valence-electron chi connectivity index (χ1n) is 5.56. The molecule has 1 saturated heterocycles. The Bertz CT molecular complexity index is 331. The zero-order chi connectivity index (χ0) is 10.7. The fourth-order valence-corrected chi connectivity index (χ4v) is 2.14. The van der Waals surface area contributed by atoms with Crippen LogP contribution in [0.5, 0.6) is 0 Å². The minimum absolute atomic E-state index is 0.273. The largest absolute Gasteiger partial charge is 0.379 e. The molecule has 0 saturated carbocycles. The van der Waals surface area contributed by atoms with Crippen molar-refractivity contribution >= 4 is 0 Å². The van der Waals surface area contributed by atoms with Crippen LogP contribution in [0.15, 0.2) is 24.3 Å². The molecule has 1 aliphatic heterocycles. The van der Waals surface area contributed by atoms with Crippen molar-refractivity contribution in [3.8, 4) is 0 Å². The Balaban J connectivity index is 2.18. The number of nitrogens with one attached hydrogen (secondary N) is 1. The van der Waals surface area contributed by atoms with Crippen molar-refractivity contribution in [1.82, 2.24) is 5.32 Å². The molecule has 82 valence electrons. The van der Waals surface area contributed by atoms with Crippen LogP contribution in [0.3, 0.4) is 0 Å². The van der Waals surface area contributed by atoms with Crippen molar-refractivity contribution in [2.75, 3.05) is 26.8 Å². The first-order chi connectivity index (χ1) is 7.27. The maximum absolute atomic E-state index is 5.40. The Morgan fingerprint density at radius 3 is 2.73 bits per heavy atom. The summed E-state index contributed by atoms with van der Waals surface area (Å²) in [6, 6.07) is 8.81. The fraction of sp³-hybridized carbons (Fsp3) is 0.538. The number of hydrogen-bond acceptors (Lipinski definition) is 2. The summed E-state index contributed by atoms with van der Waals surface area (Å²) < 4.78 is 5.40. The molecule has 1 aromatic carbocycles. The van der Waals surface area contributed by atoms with Crippen molar-refractivity contribution in [2.24, 2.45) is 0 Å². The number of ether oxygens (including phenoxy) is 1. The molecule has 0 atom stereocenters. The summed E-state index contributed by atoms with van der Waals surface area (Å²) in [7, 11) is 2.00. The highest BCUT2D eigenvalue weighted by Gasteiger charge is 2.39. The molecule has 0 unspecified atom stereocenters. The van der Waals surface area contributed by atoms with Crippen LogP contribution in [-0.2, 0) is 10.2 Å². The molecule has 2 rings (SSSR count). The minimum Gasteiger partial charge on any atom is -0.379 e. The van der Waals surface area contributed by atoms with Gasteiger partial charge in [0.2, 0.25) is 0 Å². The van der Waals surface area contributed by atoms with Gasteiger partial charge in [0, 0.05) is 5.41 Å². The van der Waals surface area contributed by atoms with Crippen molar-refractivity contribution < 1.29 is 4.74 Å². The Hall–Kier alpha value is -0.860. The first-order valence-corrected chi connectivity index (χ1v) is 5.56. The molecule has 1 fully saturated rings. The third-order valence-electron chi connectivity index (χ3n) is 3.24. The van der Waals surface area contributed by atoms with Crippen LogP contribution >= 0.6 is 0 Å². The Labute approximate surface area is 91.6 Å². The second-order valence-electron chi connectivity index (χ2n) is 4.50. The van der Waals surface area contributed by atoms with Gasteiger partial charge in [-0.15, -0.1) is 0 Å². The summed E-state index contributed by atoms with van der Waals surface area (Å²) >= 11 is 0. The van der Waals surface area contributed by atoms with Gasteiger partial charge in [-0.05, 0) is 32.5 Å². The normalized spacial score (nSPS) is 18.5. The van der Waals surface area contributed by atoms with Crippen molar-refractivity contribution in [3.05, 3.63) is 35.4 Å². The molecule has 1 aromatic rings. The Morgan fingerprint density at radius 1 is 1.40 bits per heavy atom. The van der Waals surface area contributed by atoms with Gasteiger partial charge in [-0.2, -0.15) is 0 Å². The van der Waals surface area contributed by atoms with Gasteiger partial charge < -0.3 is 10.1 Å². The molecular formula is C13H19NO. The molecule has 0 spiro atoms. The second kappa shape index (κ2) is 4.33.